The summed E-state index contributed by atoms with van der Waals surface area (Å²) < 4.78 is 8.61. The number of hydrogen-bond donors (Lipinski definition) is 4. The predicted octanol–water partition coefficient (Wildman–Crippen LogP) is 26.4. The first-order valence-electron chi connectivity index (χ1n) is 48.6. The van der Waals surface area contributed by atoms with Crippen LogP contribution in [-0.4, -0.2) is 80.2 Å². The lowest BCUT2D eigenvalue weighted by molar-refractivity contribution is 0.415. The highest BCUT2D eigenvalue weighted by atomic mass is 15.3. The second kappa shape index (κ2) is 55.5. The molecule has 0 saturated carbocycles. The lowest BCUT2D eigenvalue weighted by Crippen LogP contribution is -2.19. The second-order valence-corrected chi connectivity index (χ2v) is 30.7. The predicted molar refractivity (Wildman–Crippen MR) is 563 cm³/mol. The third kappa shape index (κ3) is 27.1. The van der Waals surface area contributed by atoms with Gasteiger partial charge in [0.05, 0.1) is 103 Å². The lowest BCUT2D eigenvalue weighted by atomic mass is 9.88. The van der Waals surface area contributed by atoms with Crippen molar-refractivity contribution in [3.8, 4) is 0 Å². The summed E-state index contributed by atoms with van der Waals surface area (Å²) in [6.07, 6.45) is 39.6. The molecule has 23 rings (SSSR count). The maximum absolute atomic E-state index is 6.01. The zero-order valence-electron chi connectivity index (χ0n) is 82.8. The number of nitrogen functional groups attached to an aromatic ring is 4. The van der Waals surface area contributed by atoms with Crippen molar-refractivity contribution < 1.29 is 0 Å². The number of benzene rings is 6. The first kappa shape index (κ1) is 105. The summed E-state index contributed by atoms with van der Waals surface area (Å²) in [4.78, 5) is 32.4. The number of nitrogens with two attached hydrogens (primary N) is 4. The molecule has 0 bridgehead atoms. The van der Waals surface area contributed by atoms with Crippen LogP contribution in [0.1, 0.15) is 261 Å². The average Bonchev–Trinajstić information content (AvgIpc) is 1.64. The smallest absolute Gasteiger partial charge is 0.134 e. The number of pyridine rings is 5. The SMILES string of the molecule is C1=Cc2ccccc2C1.C1=Cc2cccnc2C1.C1=NCc2ccccc21.CC.CC.CC.CC.CC.CC.CC.CC.Cc1nn(C2CCc3ccccc3C2)c2ccnc(N)c12.Cc1nn(C2CCc3ccccc3C2)c2ccnc(N)c12.Cc1nn(C2CCc3ccccc3C2)c2ccnc(N)c12.Cc1nn(C2CCc3ccccc3C2)c2ccnc(N)c12.c1cncnc1. The zero-order valence-corrected chi connectivity index (χ0v) is 82.8. The molecule has 0 fully saturated rings. The Morgan fingerprint density at radius 2 is 0.556 bits per heavy atom. The number of nitrogens with zero attached hydrogens (tertiary/aromatic N) is 16. The maximum atomic E-state index is 6.01. The van der Waals surface area contributed by atoms with Gasteiger partial charge in [-0.3, -0.25) is 28.7 Å². The Labute approximate surface area is 792 Å². The number of aryl methyl sites for hydroxylation is 8. The Kier molecular flexibility index (Phi) is 43.7. The molecule has 0 spiro atoms. The molecular formula is C113H146N20. The monoisotopic (exact) mass is 1780 g/mol. The van der Waals surface area contributed by atoms with Crippen LogP contribution in [0.2, 0.25) is 0 Å². The molecule has 0 saturated heterocycles. The number of anilines is 4. The van der Waals surface area contributed by atoms with E-state index in [9.17, 15) is 0 Å². The number of hydrogen-bond acceptors (Lipinski definition) is 16. The average molecular weight is 1780 g/mol. The van der Waals surface area contributed by atoms with Crippen molar-refractivity contribution in [1.29, 1.82) is 0 Å². The molecule has 20 nitrogen and oxygen atoms in total. The molecule has 11 heterocycles. The minimum atomic E-state index is 0.401. The molecule has 20 heteroatoms. The quantitative estimate of drug-likeness (QED) is 0.127. The fraction of sp³-hybridized carbons (Fsp3) is 0.345. The number of aromatic nitrogens is 15. The Morgan fingerprint density at radius 1 is 0.271 bits per heavy atom. The number of fused-ring (bicyclic) bond motifs is 11. The summed E-state index contributed by atoms with van der Waals surface area (Å²) in [6.45, 7) is 40.9. The van der Waals surface area contributed by atoms with Gasteiger partial charge in [-0.1, -0.05) is 287 Å². The van der Waals surface area contributed by atoms with Crippen molar-refractivity contribution in [2.24, 2.45) is 4.99 Å². The van der Waals surface area contributed by atoms with Gasteiger partial charge in [-0.2, -0.15) is 20.4 Å². The van der Waals surface area contributed by atoms with E-state index < -0.39 is 0 Å². The van der Waals surface area contributed by atoms with Crippen LogP contribution >= 0.6 is 0 Å². The summed E-state index contributed by atoms with van der Waals surface area (Å²) in [7, 11) is 0. The van der Waals surface area contributed by atoms with Gasteiger partial charge >= 0.3 is 0 Å². The molecule has 16 aromatic rings. The summed E-state index contributed by atoms with van der Waals surface area (Å²) in [5, 5.41) is 23.0. The van der Waals surface area contributed by atoms with Crippen LogP contribution < -0.4 is 22.9 Å². The van der Waals surface area contributed by atoms with Crippen molar-refractivity contribution in [1.82, 2.24) is 74.0 Å². The van der Waals surface area contributed by atoms with Gasteiger partial charge in [-0.05, 0) is 220 Å². The Hall–Kier alpha value is -13.6. The summed E-state index contributed by atoms with van der Waals surface area (Å²) in [5.74, 6) is 2.31. The zero-order chi connectivity index (χ0) is 96.1. The highest BCUT2D eigenvalue weighted by Gasteiger charge is 2.28. The molecule has 8 N–H and O–H groups in total. The standard InChI is InChI=1S/4C17H18N4.C9H8.2C8H7N.C4H4N2.8C2H6/c4*1-11-16-15(8-9-19-17(16)18)21(20-11)14-7-6-12-4-2-3-5-13(12)10-14;1-2-5-9-7-3-6-8(9)4-1;1-3-7-4-2-6-9-8(7)5-1;1-2-4-8-6-9-5-7(8)3-1;1-2-5-4-6-3-1;8*1-2/h4*2-5,8-9,14H,6-7,10H2,1H3,(H2,18,19);1-6H,7H2;1-4,6H,5H2;1-5H,6H2;1-4H;8*1-2H3. The van der Waals surface area contributed by atoms with E-state index in [1.807, 2.05) is 193 Å². The van der Waals surface area contributed by atoms with Gasteiger partial charge in [0.2, 0.25) is 0 Å². The van der Waals surface area contributed by atoms with E-state index in [-0.39, 0.29) is 0 Å². The fourth-order valence-corrected chi connectivity index (χ4v) is 17.4. The third-order valence-corrected chi connectivity index (χ3v) is 23.2. The van der Waals surface area contributed by atoms with Gasteiger partial charge in [-0.25, -0.2) is 29.9 Å². The summed E-state index contributed by atoms with van der Waals surface area (Å²) >= 11 is 0. The van der Waals surface area contributed by atoms with E-state index in [4.69, 9.17) is 43.3 Å². The summed E-state index contributed by atoms with van der Waals surface area (Å²) in [5.41, 5.74) is 51.9. The number of aliphatic imine (C=N–C) groups is 1. The van der Waals surface area contributed by atoms with Crippen LogP contribution in [-0.2, 0) is 70.8 Å². The second-order valence-electron chi connectivity index (χ2n) is 30.7. The minimum absolute atomic E-state index is 0.401. The van der Waals surface area contributed by atoms with Crippen LogP contribution in [0, 0.1) is 27.7 Å². The summed E-state index contributed by atoms with van der Waals surface area (Å²) in [6, 6.07) is 67.2. The maximum Gasteiger partial charge on any atom is 0.134 e. The first-order chi connectivity index (χ1) is 65.3. The van der Waals surface area contributed by atoms with Gasteiger partial charge in [0, 0.05) is 56.0 Å². The van der Waals surface area contributed by atoms with Crippen molar-refractivity contribution >= 4 is 85.2 Å². The van der Waals surface area contributed by atoms with Gasteiger partial charge in [0.1, 0.15) is 29.6 Å². The fourth-order valence-electron chi connectivity index (χ4n) is 17.4. The van der Waals surface area contributed by atoms with Gasteiger partial charge in [0.15, 0.2) is 0 Å². The molecular weight excluding hydrogens is 1640 g/mol. The molecule has 4 atom stereocenters. The normalized spacial score (nSPS) is 14.8. The van der Waals surface area contributed by atoms with Crippen molar-refractivity contribution in [3.63, 3.8) is 0 Å². The molecule has 698 valence electrons. The van der Waals surface area contributed by atoms with Crippen molar-refractivity contribution in [2.45, 2.75) is 259 Å². The Balaban J connectivity index is 0.000000188. The number of rotatable bonds is 4. The van der Waals surface area contributed by atoms with E-state index in [1.54, 1.807) is 43.2 Å². The van der Waals surface area contributed by atoms with Gasteiger partial charge in [0.25, 0.3) is 0 Å². The third-order valence-electron chi connectivity index (χ3n) is 23.2. The first-order valence-corrected chi connectivity index (χ1v) is 48.6. The Bertz CT molecular complexity index is 5550. The van der Waals surface area contributed by atoms with Crippen molar-refractivity contribution in [3.05, 3.63) is 351 Å². The van der Waals surface area contributed by atoms with Crippen LogP contribution in [0.3, 0.4) is 0 Å². The minimum Gasteiger partial charge on any atom is -0.383 e. The molecule has 6 aliphatic carbocycles. The molecule has 0 amide bonds. The topological polar surface area (TPSA) is 278 Å². The van der Waals surface area contributed by atoms with E-state index in [1.165, 1.54) is 84.3 Å². The number of allylic oxidation sites excluding steroid dienone is 2. The lowest BCUT2D eigenvalue weighted by Gasteiger charge is -2.25. The molecule has 10 aromatic heterocycles. The van der Waals surface area contributed by atoms with Gasteiger partial charge < -0.3 is 22.9 Å². The molecule has 4 unspecified atom stereocenters. The highest BCUT2D eigenvalue weighted by Crippen LogP contribution is 2.38. The van der Waals surface area contributed by atoms with Crippen molar-refractivity contribution in [2.75, 3.05) is 22.9 Å². The van der Waals surface area contributed by atoms with E-state index >= 15 is 0 Å². The highest BCUT2D eigenvalue weighted by molar-refractivity contribution is 5.93. The van der Waals surface area contributed by atoms with Gasteiger partial charge in [-0.15, -0.1) is 0 Å². The molecule has 133 heavy (non-hydrogen) atoms. The molecule has 6 aromatic carbocycles. The largest absolute Gasteiger partial charge is 0.383 e. The molecule has 0 radical (unpaired) electrons. The van der Waals surface area contributed by atoms with Crippen LogP contribution in [0.4, 0.5) is 23.3 Å². The van der Waals surface area contributed by atoms with E-state index in [0.29, 0.717) is 47.4 Å². The molecule has 7 aliphatic rings. The van der Waals surface area contributed by atoms with E-state index in [0.717, 1.165) is 163 Å². The van der Waals surface area contributed by atoms with Crippen LogP contribution in [0.5, 0.6) is 0 Å². The van der Waals surface area contributed by atoms with E-state index in [2.05, 4.69) is 222 Å². The Morgan fingerprint density at radius 3 is 0.857 bits per heavy atom. The molecule has 1 aliphatic heterocycles. The van der Waals surface area contributed by atoms with Crippen LogP contribution in [0.25, 0.3) is 55.8 Å². The van der Waals surface area contributed by atoms with Crippen LogP contribution in [0.15, 0.2) is 255 Å².